The van der Waals surface area contributed by atoms with E-state index in [4.69, 9.17) is 0 Å². The van der Waals surface area contributed by atoms with Gasteiger partial charge in [0.1, 0.15) is 0 Å². The van der Waals surface area contributed by atoms with Gasteiger partial charge in [-0.1, -0.05) is 12.1 Å². The third-order valence-corrected chi connectivity index (χ3v) is 6.32. The maximum atomic E-state index is 12.9. The summed E-state index contributed by atoms with van der Waals surface area (Å²) in [6.45, 7) is 1.76. The number of amides is 1. The van der Waals surface area contributed by atoms with Crippen molar-refractivity contribution in [2.45, 2.75) is 45.4 Å². The highest BCUT2D eigenvalue weighted by molar-refractivity contribution is 6.00. The Morgan fingerprint density at radius 1 is 1.20 bits per heavy atom. The van der Waals surface area contributed by atoms with E-state index in [9.17, 15) is 14.9 Å². The Bertz CT molecular complexity index is 721. The van der Waals surface area contributed by atoms with Gasteiger partial charge in [-0.15, -0.1) is 0 Å². The normalized spacial score (nSPS) is 33.3. The average molecular weight is 341 g/mol. The van der Waals surface area contributed by atoms with Crippen LogP contribution in [0.15, 0.2) is 29.4 Å². The van der Waals surface area contributed by atoms with Crippen molar-refractivity contribution in [3.8, 4) is 0 Å². The number of nitrogens with one attached hydrogen (secondary N) is 1. The van der Waals surface area contributed by atoms with Crippen molar-refractivity contribution in [2.24, 2.45) is 28.3 Å². The number of nitrogens with zero attached hydrogens (tertiary/aromatic N) is 2. The van der Waals surface area contributed by atoms with Crippen LogP contribution in [0.5, 0.6) is 0 Å². The molecule has 5 rings (SSSR count). The third kappa shape index (κ3) is 2.94. The second-order valence-corrected chi connectivity index (χ2v) is 8.14. The van der Waals surface area contributed by atoms with E-state index in [-0.39, 0.29) is 17.0 Å². The molecule has 0 atom stereocenters. The number of rotatable bonds is 4. The first-order valence-electron chi connectivity index (χ1n) is 9.05. The molecule has 4 fully saturated rings. The molecule has 4 aliphatic carbocycles. The van der Waals surface area contributed by atoms with Gasteiger partial charge in [-0.05, 0) is 63.2 Å². The minimum absolute atomic E-state index is 0.0273. The van der Waals surface area contributed by atoms with E-state index in [0.29, 0.717) is 29.0 Å². The summed E-state index contributed by atoms with van der Waals surface area (Å²) in [6, 6.07) is 6.33. The van der Waals surface area contributed by atoms with E-state index in [0.717, 1.165) is 19.3 Å². The number of nitro groups is 1. The molecular formula is C19H23N3O3. The molecule has 0 unspecified atom stereocenters. The zero-order valence-electron chi connectivity index (χ0n) is 14.4. The topological polar surface area (TPSA) is 84.6 Å². The van der Waals surface area contributed by atoms with Crippen molar-refractivity contribution in [1.82, 2.24) is 5.43 Å². The van der Waals surface area contributed by atoms with E-state index >= 15 is 0 Å². The molecule has 1 aromatic rings. The number of hydrazone groups is 1. The summed E-state index contributed by atoms with van der Waals surface area (Å²) in [7, 11) is 0. The molecule has 0 aliphatic heterocycles. The summed E-state index contributed by atoms with van der Waals surface area (Å²) >= 11 is 0. The monoisotopic (exact) mass is 341 g/mol. The highest BCUT2D eigenvalue weighted by Crippen LogP contribution is 2.60. The van der Waals surface area contributed by atoms with Crippen molar-refractivity contribution in [2.75, 3.05) is 0 Å². The zero-order valence-corrected chi connectivity index (χ0v) is 14.4. The molecule has 132 valence electrons. The molecule has 1 amide bonds. The largest absolute Gasteiger partial charge is 0.273 e. The summed E-state index contributed by atoms with van der Waals surface area (Å²) in [6.07, 6.45) is 6.87. The van der Waals surface area contributed by atoms with Crippen molar-refractivity contribution in [3.63, 3.8) is 0 Å². The second kappa shape index (κ2) is 5.93. The van der Waals surface area contributed by atoms with Crippen molar-refractivity contribution in [3.05, 3.63) is 39.9 Å². The van der Waals surface area contributed by atoms with E-state index in [1.54, 1.807) is 19.1 Å². The number of carbonyl (C=O) groups is 1. The predicted molar refractivity (Wildman–Crippen MR) is 94.1 cm³/mol. The maximum Gasteiger partial charge on any atom is 0.270 e. The molecule has 4 aliphatic rings. The molecule has 0 radical (unpaired) electrons. The lowest BCUT2D eigenvalue weighted by atomic mass is 9.49. The van der Waals surface area contributed by atoms with Crippen molar-refractivity contribution in [1.29, 1.82) is 0 Å². The highest BCUT2D eigenvalue weighted by atomic mass is 16.6. The lowest BCUT2D eigenvalue weighted by Crippen LogP contribution is -2.52. The fourth-order valence-corrected chi connectivity index (χ4v) is 5.55. The Kier molecular flexibility index (Phi) is 3.85. The van der Waals surface area contributed by atoms with Crippen molar-refractivity contribution < 1.29 is 9.72 Å². The molecule has 6 heteroatoms. The van der Waals surface area contributed by atoms with Crippen LogP contribution in [0, 0.1) is 33.3 Å². The van der Waals surface area contributed by atoms with Crippen LogP contribution in [-0.2, 0) is 4.79 Å². The van der Waals surface area contributed by atoms with Gasteiger partial charge < -0.3 is 0 Å². The minimum atomic E-state index is -0.426. The summed E-state index contributed by atoms with van der Waals surface area (Å²) < 4.78 is 0. The van der Waals surface area contributed by atoms with Gasteiger partial charge in [-0.2, -0.15) is 5.10 Å². The lowest BCUT2D eigenvalue weighted by molar-refractivity contribution is -0.384. The third-order valence-electron chi connectivity index (χ3n) is 6.32. The number of carbonyl (C=O) groups excluding carboxylic acids is 1. The smallest absolute Gasteiger partial charge is 0.270 e. The van der Waals surface area contributed by atoms with E-state index < -0.39 is 4.92 Å². The molecule has 0 aromatic heterocycles. The SMILES string of the molecule is C/C(=N/NC(=O)C12CC3CC(CC(C3)C1)C2)c1cccc([N+](=O)[O-])c1. The zero-order chi connectivity index (χ0) is 17.6. The fourth-order valence-electron chi connectivity index (χ4n) is 5.55. The molecular weight excluding hydrogens is 318 g/mol. The van der Waals surface area contributed by atoms with Gasteiger partial charge in [0.05, 0.1) is 16.0 Å². The summed E-state index contributed by atoms with van der Waals surface area (Å²) in [5.74, 6) is 2.16. The molecule has 0 heterocycles. The predicted octanol–water partition coefficient (Wildman–Crippen LogP) is 3.65. The van der Waals surface area contributed by atoms with Gasteiger partial charge in [0, 0.05) is 17.7 Å². The van der Waals surface area contributed by atoms with Gasteiger partial charge >= 0.3 is 0 Å². The average Bonchev–Trinajstić information content (AvgIpc) is 2.58. The van der Waals surface area contributed by atoms with E-state index in [1.807, 2.05) is 0 Å². The van der Waals surface area contributed by atoms with Crippen LogP contribution in [0.4, 0.5) is 5.69 Å². The number of hydrogen-bond acceptors (Lipinski definition) is 4. The Morgan fingerprint density at radius 2 is 1.80 bits per heavy atom. The highest BCUT2D eigenvalue weighted by Gasteiger charge is 2.54. The van der Waals surface area contributed by atoms with Gasteiger partial charge in [-0.3, -0.25) is 14.9 Å². The minimum Gasteiger partial charge on any atom is -0.273 e. The Balaban J connectivity index is 1.49. The van der Waals surface area contributed by atoms with Crippen LogP contribution >= 0.6 is 0 Å². The first-order chi connectivity index (χ1) is 11.9. The van der Waals surface area contributed by atoms with Crippen LogP contribution < -0.4 is 5.43 Å². The molecule has 1 aromatic carbocycles. The number of benzene rings is 1. The van der Waals surface area contributed by atoms with Crippen LogP contribution in [0.25, 0.3) is 0 Å². The first-order valence-corrected chi connectivity index (χ1v) is 9.05. The maximum absolute atomic E-state index is 12.9. The van der Waals surface area contributed by atoms with Crippen LogP contribution in [0.3, 0.4) is 0 Å². The number of non-ortho nitro benzene ring substituents is 1. The van der Waals surface area contributed by atoms with Crippen LogP contribution in [-0.4, -0.2) is 16.5 Å². The van der Waals surface area contributed by atoms with Gasteiger partial charge in [0.15, 0.2) is 0 Å². The summed E-state index contributed by atoms with van der Waals surface area (Å²) in [5.41, 5.74) is 3.80. The quantitative estimate of drug-likeness (QED) is 0.515. The molecule has 6 nitrogen and oxygen atoms in total. The molecule has 4 bridgehead atoms. The van der Waals surface area contributed by atoms with Gasteiger partial charge in [0.2, 0.25) is 5.91 Å². The van der Waals surface area contributed by atoms with Crippen LogP contribution in [0.2, 0.25) is 0 Å². The molecule has 4 saturated carbocycles. The Hall–Kier alpha value is -2.24. The van der Waals surface area contributed by atoms with Crippen LogP contribution in [0.1, 0.15) is 51.0 Å². The summed E-state index contributed by atoms with van der Waals surface area (Å²) in [5, 5.41) is 15.1. The van der Waals surface area contributed by atoms with Gasteiger partial charge in [-0.25, -0.2) is 5.43 Å². The fraction of sp³-hybridized carbons (Fsp3) is 0.579. The molecule has 0 saturated heterocycles. The Morgan fingerprint density at radius 3 is 2.36 bits per heavy atom. The molecule has 0 spiro atoms. The van der Waals surface area contributed by atoms with Crippen molar-refractivity contribution >= 4 is 17.3 Å². The summed E-state index contributed by atoms with van der Waals surface area (Å²) in [4.78, 5) is 23.4. The lowest BCUT2D eigenvalue weighted by Gasteiger charge is -2.55. The standard InChI is InChI=1S/C19H23N3O3/c1-12(16-3-2-4-17(8-16)22(24)25)20-21-18(23)19-9-13-5-14(10-19)7-15(6-13)11-19/h2-4,8,13-15H,5-7,9-11H2,1H3,(H,21,23)/b20-12-. The first kappa shape index (κ1) is 16.2. The van der Waals surface area contributed by atoms with E-state index in [2.05, 4.69) is 10.5 Å². The van der Waals surface area contributed by atoms with Gasteiger partial charge in [0.25, 0.3) is 5.69 Å². The molecule has 1 N–H and O–H groups in total. The molecule has 25 heavy (non-hydrogen) atoms. The van der Waals surface area contributed by atoms with E-state index in [1.165, 1.54) is 31.4 Å². The number of hydrogen-bond donors (Lipinski definition) is 1. The Labute approximate surface area is 146 Å². The second-order valence-electron chi connectivity index (χ2n) is 8.14. The number of nitro benzene ring substituents is 1.